The average Bonchev–Trinajstić information content (AvgIpc) is 3.32. The minimum atomic E-state index is -1.57. The lowest BCUT2D eigenvalue weighted by Crippen LogP contribution is -2.62. The zero-order chi connectivity index (χ0) is 44.8. The Hall–Kier alpha value is -6.84. The number of hydrogen-bond acceptors (Lipinski definition) is 11. The molecule has 1 aliphatic rings. The van der Waals surface area contributed by atoms with E-state index in [2.05, 4.69) is 10.6 Å². The molecule has 12 nitrogen and oxygen atoms in total. The van der Waals surface area contributed by atoms with Gasteiger partial charge in [0.15, 0.2) is 34.0 Å². The van der Waals surface area contributed by atoms with E-state index in [-0.39, 0.29) is 32.5 Å². The molecule has 0 radical (unpaired) electrons. The number of halogens is 1. The van der Waals surface area contributed by atoms with E-state index in [9.17, 15) is 19.2 Å². The van der Waals surface area contributed by atoms with Gasteiger partial charge in [-0.3, -0.25) is 0 Å². The fourth-order valence-corrected chi connectivity index (χ4v) is 7.83. The van der Waals surface area contributed by atoms with Crippen molar-refractivity contribution in [1.82, 2.24) is 0 Å². The average molecular weight is 914 g/mol. The number of amidine groups is 1. The molecule has 15 heteroatoms. The molecule has 6 aromatic carbocycles. The van der Waals surface area contributed by atoms with E-state index in [4.69, 9.17) is 52.5 Å². The zero-order valence-corrected chi connectivity index (χ0v) is 36.5. The van der Waals surface area contributed by atoms with Crippen LogP contribution in [0.5, 0.6) is 0 Å². The molecule has 324 valence electrons. The Labute approximate surface area is 383 Å². The first-order valence-corrected chi connectivity index (χ1v) is 21.6. The van der Waals surface area contributed by atoms with Crippen LogP contribution in [0.4, 0.5) is 11.4 Å². The fraction of sp³-hybridized carbons (Fsp3) is 0.143. The van der Waals surface area contributed by atoms with Crippen LogP contribution < -0.4 is 10.6 Å². The van der Waals surface area contributed by atoms with Crippen LogP contribution in [0.25, 0.3) is 0 Å². The maximum absolute atomic E-state index is 14.1. The van der Waals surface area contributed by atoms with Gasteiger partial charge >= 0.3 is 23.9 Å². The number of thiocarbonyl (C=S) groups is 1. The van der Waals surface area contributed by atoms with Gasteiger partial charge in [0.05, 0.1) is 22.3 Å². The Bertz CT molecular complexity index is 2570. The van der Waals surface area contributed by atoms with Gasteiger partial charge in [-0.25, -0.2) is 19.2 Å². The molecule has 0 spiro atoms. The molecular weight excluding hydrogens is 874 g/mol. The number of rotatable bonds is 12. The van der Waals surface area contributed by atoms with Gasteiger partial charge in [-0.1, -0.05) is 114 Å². The highest BCUT2D eigenvalue weighted by Crippen LogP contribution is 2.37. The first-order chi connectivity index (χ1) is 31.1. The minimum Gasteiger partial charge on any atom is -0.459 e. The standard InChI is InChI=1S/C49H40ClN3O9S2/c1-31-22-26-37(27-23-31)51-48(63)53-49(52-38-28-24-36(50)25-29-38)64-47-42(62-46(57)35-20-12-5-13-21-35)41(61-45(56)34-18-10-4-11-19-34)40(60-44(55)33-16-8-3-9-17-33)39(59-47)30-58-43(54)32-14-6-2-7-15-32/h2-29,39-42,47H,30H2,1H3,(H2,51,52,53,63)/t39-,40-,41+,42-,47+/m1/s1. The number of anilines is 2. The highest BCUT2D eigenvalue weighted by molar-refractivity contribution is 8.14. The second-order valence-corrected chi connectivity index (χ2v) is 16.1. The molecule has 0 amide bonds. The second kappa shape index (κ2) is 22.0. The summed E-state index contributed by atoms with van der Waals surface area (Å²) < 4.78 is 31.2. The Balaban J connectivity index is 1.32. The molecule has 64 heavy (non-hydrogen) atoms. The molecule has 5 atom stereocenters. The monoisotopic (exact) mass is 913 g/mol. The summed E-state index contributed by atoms with van der Waals surface area (Å²) in [5.74, 6) is -3.14. The number of carbonyl (C=O) groups is 4. The maximum atomic E-state index is 14.1. The number of thioether (sulfide) groups is 1. The van der Waals surface area contributed by atoms with E-state index in [0.29, 0.717) is 16.4 Å². The molecule has 1 heterocycles. The summed E-state index contributed by atoms with van der Waals surface area (Å²) in [4.78, 5) is 60.3. The third-order valence-corrected chi connectivity index (χ3v) is 11.0. The highest BCUT2D eigenvalue weighted by atomic mass is 35.5. The van der Waals surface area contributed by atoms with Gasteiger partial charge in [0.2, 0.25) is 0 Å². The van der Waals surface area contributed by atoms with E-state index in [1.807, 2.05) is 31.2 Å². The lowest BCUT2D eigenvalue weighted by Gasteiger charge is -2.44. The lowest BCUT2D eigenvalue weighted by atomic mass is 9.98. The molecule has 0 aromatic heterocycles. The maximum Gasteiger partial charge on any atom is 0.338 e. The Kier molecular flexibility index (Phi) is 15.5. The molecule has 1 aliphatic heterocycles. The number of esters is 4. The third kappa shape index (κ3) is 12.4. The summed E-state index contributed by atoms with van der Waals surface area (Å²) in [5, 5.41) is 7.04. The van der Waals surface area contributed by atoms with Gasteiger partial charge < -0.3 is 34.3 Å². The molecule has 1 saturated heterocycles. The number of ether oxygens (including phenoxy) is 5. The van der Waals surface area contributed by atoms with Crippen molar-refractivity contribution in [3.63, 3.8) is 0 Å². The molecular formula is C49H40ClN3O9S2. The van der Waals surface area contributed by atoms with Crippen LogP contribution in [0, 0.1) is 6.92 Å². The van der Waals surface area contributed by atoms with Gasteiger partial charge in [-0.2, -0.15) is 4.99 Å². The molecule has 1 fully saturated rings. The quantitative estimate of drug-likeness (QED) is 0.0395. The van der Waals surface area contributed by atoms with Crippen molar-refractivity contribution in [2.24, 2.45) is 4.99 Å². The summed E-state index contributed by atoms with van der Waals surface area (Å²) in [5.41, 5.74) is 1.71. The number of nitrogens with one attached hydrogen (secondary N) is 2. The van der Waals surface area contributed by atoms with Crippen LogP contribution in [0.3, 0.4) is 0 Å². The summed E-state index contributed by atoms with van der Waals surface area (Å²) in [6.45, 7) is 1.46. The topological polar surface area (TPSA) is 151 Å². The molecule has 0 unspecified atom stereocenters. The zero-order valence-electron chi connectivity index (χ0n) is 34.1. The largest absolute Gasteiger partial charge is 0.459 e. The predicted octanol–water partition coefficient (Wildman–Crippen LogP) is 9.81. The molecule has 6 aromatic rings. The van der Waals surface area contributed by atoms with Crippen LogP contribution in [0.1, 0.15) is 47.0 Å². The molecule has 7 rings (SSSR count). The summed E-state index contributed by atoms with van der Waals surface area (Å²) in [6.07, 6.45) is -5.94. The van der Waals surface area contributed by atoms with E-state index < -0.39 is 60.3 Å². The molecule has 0 bridgehead atoms. The van der Waals surface area contributed by atoms with E-state index in [0.717, 1.165) is 17.3 Å². The van der Waals surface area contributed by atoms with Crippen LogP contribution in [-0.4, -0.2) is 70.6 Å². The second-order valence-electron chi connectivity index (χ2n) is 14.2. The van der Waals surface area contributed by atoms with E-state index >= 15 is 0 Å². The number of aliphatic imine (C=N–C) groups is 1. The number of hydrogen-bond donors (Lipinski definition) is 2. The van der Waals surface area contributed by atoms with Crippen LogP contribution in [0.2, 0.25) is 5.02 Å². The van der Waals surface area contributed by atoms with Crippen molar-refractivity contribution in [2.45, 2.75) is 36.8 Å². The van der Waals surface area contributed by atoms with Crippen LogP contribution in [-0.2, 0) is 23.7 Å². The van der Waals surface area contributed by atoms with Crippen LogP contribution in [0.15, 0.2) is 175 Å². The normalized spacial score (nSPS) is 18.2. The number of nitrogens with zero attached hydrogens (tertiary/aromatic N) is 1. The Morgan fingerprint density at radius 1 is 0.578 bits per heavy atom. The van der Waals surface area contributed by atoms with Gasteiger partial charge in [-0.15, -0.1) is 0 Å². The van der Waals surface area contributed by atoms with Crippen molar-refractivity contribution in [3.8, 4) is 0 Å². The number of benzene rings is 6. The minimum absolute atomic E-state index is 0.0523. The van der Waals surface area contributed by atoms with Crippen molar-refractivity contribution < 1.29 is 42.9 Å². The van der Waals surface area contributed by atoms with E-state index in [1.165, 1.54) is 0 Å². The molecule has 0 saturated carbocycles. The summed E-state index contributed by atoms with van der Waals surface area (Å²) >= 11 is 12.9. The van der Waals surface area contributed by atoms with Gasteiger partial charge in [0.1, 0.15) is 12.7 Å². The van der Waals surface area contributed by atoms with Crippen LogP contribution >= 0.6 is 35.6 Å². The van der Waals surface area contributed by atoms with Crippen molar-refractivity contribution >= 4 is 81.1 Å². The summed E-state index contributed by atoms with van der Waals surface area (Å²) in [7, 11) is 0. The predicted molar refractivity (Wildman–Crippen MR) is 250 cm³/mol. The third-order valence-electron chi connectivity index (χ3n) is 9.57. The molecule has 0 aliphatic carbocycles. The fourth-order valence-electron chi connectivity index (χ4n) is 6.35. The molecule has 2 N–H and O–H groups in total. The Morgan fingerprint density at radius 2 is 1.00 bits per heavy atom. The SMILES string of the molecule is Cc1ccc(NC(=S)/N=C(\Nc2ccc(Cl)cc2)S[C@@H]2O[C@H](COC(=O)c3ccccc3)[C@@H](OC(=O)c3ccccc3)[C@H](OC(=O)c3ccccc3)[C@H]2OC(=O)c2ccccc2)cc1. The smallest absolute Gasteiger partial charge is 0.338 e. The van der Waals surface area contributed by atoms with Gasteiger partial charge in [0, 0.05) is 16.4 Å². The highest BCUT2D eigenvalue weighted by Gasteiger charge is 2.54. The lowest BCUT2D eigenvalue weighted by molar-refractivity contribution is -0.207. The first-order valence-electron chi connectivity index (χ1n) is 19.9. The number of carbonyl (C=O) groups excluding carboxylic acids is 4. The first kappa shape index (κ1) is 45.2. The van der Waals surface area contributed by atoms with E-state index in [1.54, 1.807) is 146 Å². The van der Waals surface area contributed by atoms with Crippen molar-refractivity contribution in [2.75, 3.05) is 17.2 Å². The van der Waals surface area contributed by atoms with Gasteiger partial charge in [0.25, 0.3) is 0 Å². The van der Waals surface area contributed by atoms with Crippen molar-refractivity contribution in [3.05, 3.63) is 203 Å². The van der Waals surface area contributed by atoms with Gasteiger partial charge in [-0.05, 0) is 104 Å². The van der Waals surface area contributed by atoms with Crippen molar-refractivity contribution in [1.29, 1.82) is 0 Å². The summed E-state index contributed by atoms with van der Waals surface area (Å²) in [6, 6.07) is 47.1. The number of aryl methyl sites for hydroxylation is 1. The Morgan fingerprint density at radius 3 is 1.50 bits per heavy atom.